The molecule has 1 aromatic carbocycles. The van der Waals surface area contributed by atoms with Crippen LogP contribution in [0.15, 0.2) is 53.3 Å². The van der Waals surface area contributed by atoms with Crippen molar-refractivity contribution in [3.05, 3.63) is 64.4 Å². The highest BCUT2D eigenvalue weighted by Gasteiger charge is 2.20. The molecular weight excluding hydrogens is 352 g/mol. The van der Waals surface area contributed by atoms with Gasteiger partial charge in [-0.25, -0.2) is 0 Å². The van der Waals surface area contributed by atoms with E-state index in [0.29, 0.717) is 12.5 Å². The molecule has 1 amide bonds. The first-order chi connectivity index (χ1) is 11.0. The van der Waals surface area contributed by atoms with Gasteiger partial charge in [-0.05, 0) is 48.1 Å². The fourth-order valence-corrected chi connectivity index (χ4v) is 3.08. The summed E-state index contributed by atoms with van der Waals surface area (Å²) >= 11 is 3.49. The average Bonchev–Trinajstić information content (AvgIpc) is 2.52. The van der Waals surface area contributed by atoms with Crippen LogP contribution in [0.3, 0.4) is 0 Å². The molecule has 0 radical (unpaired) electrons. The van der Waals surface area contributed by atoms with E-state index in [1.54, 1.807) is 12.4 Å². The van der Waals surface area contributed by atoms with E-state index in [0.717, 1.165) is 22.9 Å². The highest BCUT2D eigenvalue weighted by Crippen LogP contribution is 2.20. The molecule has 0 aliphatic heterocycles. The summed E-state index contributed by atoms with van der Waals surface area (Å²) in [5, 5.41) is 3.05. The fraction of sp³-hybridized carbons (Fsp3) is 0.368. The third kappa shape index (κ3) is 6.14. The highest BCUT2D eigenvalue weighted by atomic mass is 79.9. The number of halogens is 1. The minimum absolute atomic E-state index is 0.0130. The molecule has 0 fully saturated rings. The van der Waals surface area contributed by atoms with Gasteiger partial charge in [-0.3, -0.25) is 9.78 Å². The maximum atomic E-state index is 12.6. The molecule has 4 heteroatoms. The average molecular weight is 375 g/mol. The largest absolute Gasteiger partial charge is 0.352 e. The van der Waals surface area contributed by atoms with Crippen LogP contribution in [0.4, 0.5) is 0 Å². The first-order valence-corrected chi connectivity index (χ1v) is 8.75. The van der Waals surface area contributed by atoms with Crippen LogP contribution in [-0.2, 0) is 17.8 Å². The quantitative estimate of drug-likeness (QED) is 0.781. The molecule has 2 rings (SSSR count). The molecule has 0 aliphatic rings. The molecule has 0 bridgehead atoms. The maximum Gasteiger partial charge on any atom is 0.223 e. The predicted molar refractivity (Wildman–Crippen MR) is 96.9 cm³/mol. The fourth-order valence-electron chi connectivity index (χ4n) is 2.64. The van der Waals surface area contributed by atoms with E-state index in [4.69, 9.17) is 0 Å². The van der Waals surface area contributed by atoms with Gasteiger partial charge in [0.15, 0.2) is 0 Å². The van der Waals surface area contributed by atoms with E-state index < -0.39 is 0 Å². The normalized spacial score (nSPS) is 12.2. The SMILES string of the molecule is CC(C)C[C@@H](Cc1cccc(Br)c1)C(=O)NCc1cccnc1. The molecule has 0 unspecified atom stereocenters. The summed E-state index contributed by atoms with van der Waals surface area (Å²) in [5.74, 6) is 0.583. The topological polar surface area (TPSA) is 42.0 Å². The maximum absolute atomic E-state index is 12.6. The monoisotopic (exact) mass is 374 g/mol. The number of benzene rings is 1. The summed E-state index contributed by atoms with van der Waals surface area (Å²) in [6.45, 7) is 4.84. The third-order valence-corrected chi connectivity index (χ3v) is 4.18. The second-order valence-electron chi connectivity index (χ2n) is 6.24. The molecule has 1 N–H and O–H groups in total. The van der Waals surface area contributed by atoms with Crippen LogP contribution in [0, 0.1) is 11.8 Å². The lowest BCUT2D eigenvalue weighted by molar-refractivity contribution is -0.125. The van der Waals surface area contributed by atoms with Crippen LogP contribution in [-0.4, -0.2) is 10.9 Å². The van der Waals surface area contributed by atoms with Gasteiger partial charge in [-0.2, -0.15) is 0 Å². The summed E-state index contributed by atoms with van der Waals surface area (Å²) in [5.41, 5.74) is 2.20. The van der Waals surface area contributed by atoms with E-state index >= 15 is 0 Å². The first-order valence-electron chi connectivity index (χ1n) is 7.95. The highest BCUT2D eigenvalue weighted by molar-refractivity contribution is 9.10. The lowest BCUT2D eigenvalue weighted by Gasteiger charge is -2.19. The Kier molecular flexibility index (Phi) is 6.78. The number of hydrogen-bond donors (Lipinski definition) is 1. The summed E-state index contributed by atoms with van der Waals surface area (Å²) < 4.78 is 1.05. The zero-order chi connectivity index (χ0) is 16.7. The third-order valence-electron chi connectivity index (χ3n) is 3.69. The van der Waals surface area contributed by atoms with Gasteiger partial charge < -0.3 is 5.32 Å². The van der Waals surface area contributed by atoms with E-state index in [9.17, 15) is 4.79 Å². The molecule has 0 saturated heterocycles. The Morgan fingerprint density at radius 1 is 1.22 bits per heavy atom. The van der Waals surface area contributed by atoms with Gasteiger partial charge in [0.25, 0.3) is 0 Å². The smallest absolute Gasteiger partial charge is 0.223 e. The zero-order valence-electron chi connectivity index (χ0n) is 13.6. The molecule has 0 spiro atoms. The van der Waals surface area contributed by atoms with Gasteiger partial charge in [0, 0.05) is 29.3 Å². The van der Waals surface area contributed by atoms with Crippen LogP contribution in [0.2, 0.25) is 0 Å². The minimum Gasteiger partial charge on any atom is -0.352 e. The minimum atomic E-state index is -0.0130. The van der Waals surface area contributed by atoms with Gasteiger partial charge in [0.1, 0.15) is 0 Å². The standard InChI is InChI=1S/C19H23BrN2O/c1-14(2)9-17(10-15-5-3-7-18(20)11-15)19(23)22-13-16-6-4-8-21-12-16/h3-8,11-12,14,17H,9-10,13H2,1-2H3,(H,22,23)/t17-/m0/s1. The van der Waals surface area contributed by atoms with Crippen molar-refractivity contribution in [3.8, 4) is 0 Å². The molecule has 122 valence electrons. The molecular formula is C19H23BrN2O. The van der Waals surface area contributed by atoms with Crippen LogP contribution in [0.1, 0.15) is 31.4 Å². The summed E-state index contributed by atoms with van der Waals surface area (Å²) in [6.07, 6.45) is 5.16. The van der Waals surface area contributed by atoms with Gasteiger partial charge in [-0.15, -0.1) is 0 Å². The van der Waals surface area contributed by atoms with E-state index in [1.807, 2.05) is 24.3 Å². The summed E-state index contributed by atoms with van der Waals surface area (Å²) in [6, 6.07) is 12.0. The van der Waals surface area contributed by atoms with Crippen LogP contribution < -0.4 is 5.32 Å². The second-order valence-corrected chi connectivity index (χ2v) is 7.16. The van der Waals surface area contributed by atoms with Crippen molar-refractivity contribution in [1.82, 2.24) is 10.3 Å². The van der Waals surface area contributed by atoms with Gasteiger partial charge in [-0.1, -0.05) is 48.0 Å². The molecule has 0 saturated carbocycles. The van der Waals surface area contributed by atoms with Gasteiger partial charge in [0.2, 0.25) is 5.91 Å². The van der Waals surface area contributed by atoms with Gasteiger partial charge >= 0.3 is 0 Å². The first kappa shape index (κ1) is 17.7. The second kappa shape index (κ2) is 8.82. The molecule has 2 aromatic rings. The van der Waals surface area contributed by atoms with Crippen LogP contribution in [0.5, 0.6) is 0 Å². The molecule has 23 heavy (non-hydrogen) atoms. The molecule has 3 nitrogen and oxygen atoms in total. The molecule has 1 aromatic heterocycles. The van der Waals surface area contributed by atoms with Crippen molar-refractivity contribution in [3.63, 3.8) is 0 Å². The van der Waals surface area contributed by atoms with Crippen molar-refractivity contribution in [2.45, 2.75) is 33.2 Å². The molecule has 1 heterocycles. The van der Waals surface area contributed by atoms with Crippen molar-refractivity contribution in [2.24, 2.45) is 11.8 Å². The van der Waals surface area contributed by atoms with E-state index in [2.05, 4.69) is 52.2 Å². The number of pyridine rings is 1. The number of nitrogens with one attached hydrogen (secondary N) is 1. The Labute approximate surface area is 146 Å². The number of carbonyl (C=O) groups is 1. The Morgan fingerprint density at radius 3 is 2.65 bits per heavy atom. The molecule has 1 atom stereocenters. The van der Waals surface area contributed by atoms with Crippen molar-refractivity contribution in [1.29, 1.82) is 0 Å². The number of nitrogens with zero attached hydrogens (tertiary/aromatic N) is 1. The number of rotatable bonds is 7. The lowest BCUT2D eigenvalue weighted by Crippen LogP contribution is -2.32. The number of hydrogen-bond acceptors (Lipinski definition) is 2. The van der Waals surface area contributed by atoms with Crippen LogP contribution in [0.25, 0.3) is 0 Å². The van der Waals surface area contributed by atoms with Gasteiger partial charge in [0.05, 0.1) is 0 Å². The predicted octanol–water partition coefficient (Wildman–Crippen LogP) is 4.37. The Balaban J connectivity index is 2.00. The van der Waals surface area contributed by atoms with Crippen molar-refractivity contribution >= 4 is 21.8 Å². The van der Waals surface area contributed by atoms with E-state index in [-0.39, 0.29) is 11.8 Å². The molecule has 0 aliphatic carbocycles. The Morgan fingerprint density at radius 2 is 2.00 bits per heavy atom. The lowest BCUT2D eigenvalue weighted by atomic mass is 9.90. The Hall–Kier alpha value is -1.68. The van der Waals surface area contributed by atoms with Crippen molar-refractivity contribution in [2.75, 3.05) is 0 Å². The van der Waals surface area contributed by atoms with Crippen molar-refractivity contribution < 1.29 is 4.79 Å². The van der Waals surface area contributed by atoms with E-state index in [1.165, 1.54) is 5.56 Å². The van der Waals surface area contributed by atoms with Crippen LogP contribution >= 0.6 is 15.9 Å². The number of carbonyl (C=O) groups excluding carboxylic acids is 1. The zero-order valence-corrected chi connectivity index (χ0v) is 15.2. The Bertz CT molecular complexity index is 628. The number of aromatic nitrogens is 1. The summed E-state index contributed by atoms with van der Waals surface area (Å²) in [4.78, 5) is 16.7. The summed E-state index contributed by atoms with van der Waals surface area (Å²) in [7, 11) is 0. The number of amides is 1.